The van der Waals surface area contributed by atoms with Crippen molar-refractivity contribution in [3.8, 4) is 11.8 Å². The molecule has 7 rings (SSSR count). The molecule has 344 valence electrons. The fourth-order valence-electron chi connectivity index (χ4n) is 8.58. The van der Waals surface area contributed by atoms with E-state index in [1.807, 2.05) is 91.2 Å². The van der Waals surface area contributed by atoms with E-state index in [2.05, 4.69) is 30.2 Å². The number of pyridine rings is 1. The smallest absolute Gasteiger partial charge is 0.306 e. The van der Waals surface area contributed by atoms with Crippen LogP contribution in [-0.4, -0.2) is 80.4 Å². The maximum atomic E-state index is 14.5. The summed E-state index contributed by atoms with van der Waals surface area (Å²) in [5.74, 6) is 7.12. The van der Waals surface area contributed by atoms with Gasteiger partial charge < -0.3 is 44.3 Å². The predicted molar refractivity (Wildman–Crippen MR) is 249 cm³/mol. The number of hydrogen-bond donors (Lipinski definition) is 3. The van der Waals surface area contributed by atoms with Crippen LogP contribution in [0.15, 0.2) is 95.8 Å². The summed E-state index contributed by atoms with van der Waals surface area (Å²) in [4.78, 5) is 35.1. The molecule has 4 atom stereocenters. The van der Waals surface area contributed by atoms with E-state index in [1.165, 1.54) is 0 Å². The SMILES string of the molecule is CCOCc1nc2c([NH+]([O-])COCC3=CCC(C)(OC(=O)CCCCC(=O)NCCC[N+]4([O-])Cc5ccccc5C#CC5=C4C=CCC5C)C=C3)nc3ccccc3c2n1CC(C)(C)O. The van der Waals surface area contributed by atoms with Crippen LogP contribution in [0.5, 0.6) is 0 Å². The maximum absolute atomic E-state index is 14.5. The number of aromatic nitrogens is 3. The number of ether oxygens (including phenoxy) is 3. The van der Waals surface area contributed by atoms with Gasteiger partial charge in [-0.2, -0.15) is 4.98 Å². The Morgan fingerprint density at radius 1 is 1.05 bits per heavy atom. The van der Waals surface area contributed by atoms with Gasteiger partial charge in [0, 0.05) is 55.3 Å². The molecule has 65 heavy (non-hydrogen) atoms. The maximum Gasteiger partial charge on any atom is 0.306 e. The van der Waals surface area contributed by atoms with Crippen molar-refractivity contribution in [3.63, 3.8) is 0 Å². The molecular formula is C51H62N6O8. The zero-order valence-electron chi connectivity index (χ0n) is 38.3. The standard InChI is InChI=1S/C51H62N6O8/c1-6-63-33-44-54-47-48(55(44)34-50(3,4)60)41-18-9-10-19-42(41)53-49(47)56(61)35-64-32-37-25-27-51(5,28-26-37)65-46(59)22-12-11-21-45(58)52-29-14-30-57(62)31-39-17-8-7-16-38(39)23-24-40-36(2)15-13-20-43(40)57/h7-10,13,16-20,25-27,36,56,60H,6,11-12,14-15,21-22,28-35H2,1-5H3,(H,52,58). The van der Waals surface area contributed by atoms with Gasteiger partial charge in [-0.1, -0.05) is 73.4 Å². The third-order valence-corrected chi connectivity index (χ3v) is 12.0. The lowest BCUT2D eigenvalue weighted by Gasteiger charge is -2.45. The van der Waals surface area contributed by atoms with Gasteiger partial charge in [-0.25, -0.2) is 4.98 Å². The minimum atomic E-state index is -1.05. The quantitative estimate of drug-likeness (QED) is 0.0162. The number of para-hydroxylation sites is 1. The van der Waals surface area contributed by atoms with Gasteiger partial charge >= 0.3 is 5.97 Å². The lowest BCUT2D eigenvalue weighted by Crippen LogP contribution is -3.02. The lowest BCUT2D eigenvalue weighted by molar-refractivity contribution is -0.854. The molecule has 1 aliphatic heterocycles. The number of imidazole rings is 1. The largest absolute Gasteiger partial charge is 0.627 e. The summed E-state index contributed by atoms with van der Waals surface area (Å²) in [6, 6.07) is 15.4. The van der Waals surface area contributed by atoms with Crippen LogP contribution >= 0.6 is 0 Å². The van der Waals surface area contributed by atoms with Crippen LogP contribution in [0.1, 0.15) is 96.5 Å². The van der Waals surface area contributed by atoms with Crippen LogP contribution in [-0.2, 0) is 43.5 Å². The highest BCUT2D eigenvalue weighted by molar-refractivity contribution is 6.05. The molecule has 3 N–H and O–H groups in total. The highest BCUT2D eigenvalue weighted by atomic mass is 16.6. The number of esters is 1. The van der Waals surface area contributed by atoms with Crippen LogP contribution in [0.2, 0.25) is 0 Å². The molecule has 4 unspecified atom stereocenters. The molecule has 3 aliphatic rings. The van der Waals surface area contributed by atoms with Crippen LogP contribution < -0.4 is 10.4 Å². The van der Waals surface area contributed by atoms with Crippen molar-refractivity contribution < 1.29 is 38.6 Å². The highest BCUT2D eigenvalue weighted by Gasteiger charge is 2.32. The van der Waals surface area contributed by atoms with Crippen molar-refractivity contribution in [1.82, 2.24) is 19.9 Å². The minimum Gasteiger partial charge on any atom is -0.627 e. The molecule has 14 heteroatoms. The fraction of sp³-hybridized carbons (Fsp3) is 0.451. The number of hydrogen-bond acceptors (Lipinski definition) is 10. The first-order valence-electron chi connectivity index (χ1n) is 22.8. The van der Waals surface area contributed by atoms with E-state index in [0.717, 1.165) is 39.8 Å². The second-order valence-electron chi connectivity index (χ2n) is 18.2. The molecule has 2 aromatic heterocycles. The van der Waals surface area contributed by atoms with Gasteiger partial charge in [0.1, 0.15) is 30.3 Å². The van der Waals surface area contributed by atoms with E-state index in [4.69, 9.17) is 24.2 Å². The van der Waals surface area contributed by atoms with E-state index in [1.54, 1.807) is 13.8 Å². The molecule has 2 aromatic carbocycles. The Labute approximate surface area is 381 Å². The molecule has 3 heterocycles. The second kappa shape index (κ2) is 20.8. The minimum absolute atomic E-state index is 0.110. The molecule has 4 aromatic rings. The molecule has 0 spiro atoms. The van der Waals surface area contributed by atoms with Crippen molar-refractivity contribution in [2.75, 3.05) is 33.0 Å². The fourth-order valence-corrected chi connectivity index (χ4v) is 8.58. The average molecular weight is 887 g/mol. The summed E-state index contributed by atoms with van der Waals surface area (Å²) in [7, 11) is 0. The molecule has 1 amide bonds. The topological polar surface area (TPSA) is 175 Å². The van der Waals surface area contributed by atoms with E-state index < -0.39 is 15.8 Å². The number of aliphatic hydroxyl groups is 1. The predicted octanol–water partition coefficient (Wildman–Crippen LogP) is 6.87. The van der Waals surface area contributed by atoms with Crippen molar-refractivity contribution in [3.05, 3.63) is 123 Å². The first kappa shape index (κ1) is 47.5. The number of nitrogens with one attached hydrogen (secondary N) is 2. The Kier molecular flexibility index (Phi) is 15.2. The summed E-state index contributed by atoms with van der Waals surface area (Å²) in [5.41, 5.74) is 4.19. The molecule has 14 nitrogen and oxygen atoms in total. The number of rotatable bonds is 20. The molecule has 0 saturated carbocycles. The Morgan fingerprint density at radius 3 is 2.62 bits per heavy atom. The third kappa shape index (κ3) is 11.9. The number of allylic oxidation sites excluding steroid dienone is 3. The van der Waals surface area contributed by atoms with Gasteiger partial charge in [-0.3, -0.25) is 14.7 Å². The third-order valence-electron chi connectivity index (χ3n) is 12.0. The Balaban J connectivity index is 0.838. The second-order valence-corrected chi connectivity index (χ2v) is 18.2. The normalized spacial score (nSPS) is 20.9. The van der Waals surface area contributed by atoms with Crippen molar-refractivity contribution in [2.45, 2.75) is 110 Å². The zero-order valence-corrected chi connectivity index (χ0v) is 38.3. The molecule has 2 aliphatic carbocycles. The number of nitrogens with zero attached hydrogens (tertiary/aromatic N) is 4. The van der Waals surface area contributed by atoms with Gasteiger partial charge in [-0.05, 0) is 82.7 Å². The average Bonchev–Trinajstić information content (AvgIpc) is 3.62. The molecule has 0 bridgehead atoms. The highest BCUT2D eigenvalue weighted by Crippen LogP contribution is 2.35. The van der Waals surface area contributed by atoms with Crippen molar-refractivity contribution >= 4 is 39.6 Å². The summed E-state index contributed by atoms with van der Waals surface area (Å²) < 4.78 is 18.9. The van der Waals surface area contributed by atoms with E-state index in [9.17, 15) is 25.1 Å². The first-order valence-corrected chi connectivity index (χ1v) is 22.8. The number of unbranched alkanes of at least 4 members (excludes halogenated alkanes) is 1. The Hall–Kier alpha value is -5.50. The number of carbonyl (C=O) groups is 2. The van der Waals surface area contributed by atoms with Crippen LogP contribution in [0.25, 0.3) is 21.9 Å². The number of hydroxylamine groups is 4. The Morgan fingerprint density at radius 2 is 1.83 bits per heavy atom. The summed E-state index contributed by atoms with van der Waals surface area (Å²) >= 11 is 0. The first-order chi connectivity index (χ1) is 31.1. The molecule has 0 saturated heterocycles. The van der Waals surface area contributed by atoms with Crippen molar-refractivity contribution in [1.29, 1.82) is 0 Å². The molecule has 0 fully saturated rings. The van der Waals surface area contributed by atoms with E-state index in [-0.39, 0.29) is 68.0 Å². The lowest BCUT2D eigenvalue weighted by atomic mass is 9.89. The summed E-state index contributed by atoms with van der Waals surface area (Å²) in [6.45, 7) is 11.2. The number of carbonyl (C=O) groups excluding carboxylic acids is 2. The zero-order chi connectivity index (χ0) is 46.2. The van der Waals surface area contributed by atoms with E-state index in [0.29, 0.717) is 74.3 Å². The van der Waals surface area contributed by atoms with Gasteiger partial charge in [0.2, 0.25) is 5.91 Å². The number of fused-ring (bicyclic) bond motifs is 4. The molecular weight excluding hydrogens is 825 g/mol. The monoisotopic (exact) mass is 886 g/mol. The van der Waals surface area contributed by atoms with Gasteiger partial charge in [0.25, 0.3) is 5.82 Å². The van der Waals surface area contributed by atoms with Crippen LogP contribution in [0.3, 0.4) is 0 Å². The number of amides is 1. The van der Waals surface area contributed by atoms with Crippen LogP contribution in [0, 0.1) is 28.2 Å². The van der Waals surface area contributed by atoms with Crippen molar-refractivity contribution in [2.24, 2.45) is 5.92 Å². The van der Waals surface area contributed by atoms with Gasteiger partial charge in [0.15, 0.2) is 12.2 Å². The number of quaternary nitrogens is 2. The molecule has 0 radical (unpaired) electrons. The van der Waals surface area contributed by atoms with E-state index >= 15 is 0 Å². The Bertz CT molecular complexity index is 2580. The number of benzene rings is 2. The van der Waals surface area contributed by atoms with Gasteiger partial charge in [-0.15, -0.1) is 0 Å². The van der Waals surface area contributed by atoms with Gasteiger partial charge in [0.05, 0.1) is 41.9 Å². The summed E-state index contributed by atoms with van der Waals surface area (Å²) in [5, 5.41) is 42.4. The summed E-state index contributed by atoms with van der Waals surface area (Å²) in [6.07, 6.45) is 12.9. The van der Waals surface area contributed by atoms with Crippen LogP contribution in [0.4, 0.5) is 5.82 Å².